The van der Waals surface area contributed by atoms with E-state index in [1.165, 1.54) is 0 Å². The van der Waals surface area contributed by atoms with Crippen LogP contribution in [0.1, 0.15) is 11.1 Å². The zero-order valence-corrected chi connectivity index (χ0v) is 6.77. The third kappa shape index (κ3) is 2.21. The molecule has 0 unspecified atom stereocenters. The second-order valence-electron chi connectivity index (χ2n) is 2.61. The molecule has 2 N–H and O–H groups in total. The zero-order chi connectivity index (χ0) is 10.9. The van der Waals surface area contributed by atoms with Crippen LogP contribution in [0.5, 0.6) is 0 Å². The summed E-state index contributed by atoms with van der Waals surface area (Å²) in [5, 5.41) is 8.70. The quantitative estimate of drug-likeness (QED) is 0.420. The van der Waals surface area contributed by atoms with Gasteiger partial charge in [-0.3, -0.25) is 0 Å². The van der Waals surface area contributed by atoms with Gasteiger partial charge in [0.25, 0.3) is 0 Å². The maximum Gasteiger partial charge on any atom is 0.416 e. The molecule has 1 rings (SSSR count). The fourth-order valence-corrected chi connectivity index (χ4v) is 0.901. The molecule has 1 aromatic carbocycles. The fourth-order valence-electron chi connectivity index (χ4n) is 0.901. The minimum Gasteiger partial charge on any atom is -0.382 e. The number of hydrogen-bond acceptors (Lipinski definition) is 0. The van der Waals surface area contributed by atoms with Crippen LogP contribution in [0.3, 0.4) is 0 Å². The van der Waals surface area contributed by atoms with Crippen molar-refractivity contribution in [1.29, 1.82) is 0 Å². The molecule has 0 heterocycles. The molecule has 14 heavy (non-hydrogen) atoms. The van der Waals surface area contributed by atoms with E-state index in [1.807, 2.05) is 0 Å². The molecule has 2 nitrogen and oxygen atoms in total. The lowest BCUT2D eigenvalue weighted by Gasteiger charge is -2.07. The lowest BCUT2D eigenvalue weighted by Crippen LogP contribution is -2.16. The van der Waals surface area contributed by atoms with Gasteiger partial charge in [0, 0.05) is 5.56 Å². The van der Waals surface area contributed by atoms with Crippen molar-refractivity contribution in [3.05, 3.63) is 35.1 Å². The summed E-state index contributed by atoms with van der Waals surface area (Å²) in [5.41, 5.74) is 3.25. The predicted molar refractivity (Wildman–Crippen MR) is 41.8 cm³/mol. The second kappa shape index (κ2) is 3.28. The Labute approximate surface area is 76.8 Å². The molecule has 0 amide bonds. The summed E-state index contributed by atoms with van der Waals surface area (Å²) in [6.45, 7) is 0. The summed E-state index contributed by atoms with van der Waals surface area (Å²) in [6.07, 6.45) is -4.66. The van der Waals surface area contributed by atoms with E-state index in [2.05, 4.69) is 0 Å². The van der Waals surface area contributed by atoms with E-state index in [0.29, 0.717) is 18.2 Å². The van der Waals surface area contributed by atoms with Gasteiger partial charge in [0.1, 0.15) is 5.82 Å². The first kappa shape index (κ1) is 10.5. The van der Waals surface area contributed by atoms with Crippen molar-refractivity contribution in [3.8, 4) is 0 Å². The third-order valence-electron chi connectivity index (χ3n) is 1.52. The first-order valence-corrected chi connectivity index (χ1v) is 3.50. The largest absolute Gasteiger partial charge is 0.416 e. The second-order valence-corrected chi connectivity index (χ2v) is 2.61. The Kier molecular flexibility index (Phi) is 2.46. The number of alkyl halides is 3. The lowest BCUT2D eigenvalue weighted by molar-refractivity contribution is -0.137. The Balaban J connectivity index is 3.28. The molecule has 1 aromatic rings. The Morgan fingerprint density at radius 3 is 2.21 bits per heavy atom. The van der Waals surface area contributed by atoms with Gasteiger partial charge in [0.05, 0.1) is 5.56 Å². The molecule has 0 aromatic heterocycles. The van der Waals surface area contributed by atoms with E-state index >= 15 is 0 Å². The number of nitrogens with two attached hydrogens (primary N) is 1. The maximum atomic E-state index is 12.6. The molecule has 0 aliphatic carbocycles. The van der Waals surface area contributed by atoms with Crippen LogP contribution in [-0.4, -0.2) is 5.84 Å². The molecule has 0 fully saturated rings. The van der Waals surface area contributed by atoms with Crippen molar-refractivity contribution in [2.75, 3.05) is 0 Å². The van der Waals surface area contributed by atoms with Gasteiger partial charge in [0.2, 0.25) is 0 Å². The van der Waals surface area contributed by atoms with Crippen LogP contribution < -0.4 is 11.1 Å². The van der Waals surface area contributed by atoms with E-state index in [9.17, 15) is 17.6 Å². The van der Waals surface area contributed by atoms with Crippen LogP contribution in [0.25, 0.3) is 0 Å². The van der Waals surface area contributed by atoms with E-state index in [4.69, 9.17) is 11.1 Å². The monoisotopic (exact) mass is 205 g/mol. The SMILES string of the molecule is [N]=C(N)c1cc(F)cc(C(F)(F)F)c1. The van der Waals surface area contributed by atoms with Gasteiger partial charge in [-0.05, 0) is 18.2 Å². The summed E-state index contributed by atoms with van der Waals surface area (Å²) in [5.74, 6) is -1.96. The van der Waals surface area contributed by atoms with Crippen molar-refractivity contribution in [2.45, 2.75) is 6.18 Å². The number of benzene rings is 1. The lowest BCUT2D eigenvalue weighted by atomic mass is 10.1. The number of nitrogens with zero attached hydrogens (tertiary/aromatic N) is 1. The van der Waals surface area contributed by atoms with Crippen molar-refractivity contribution in [1.82, 2.24) is 5.41 Å². The molecule has 0 bridgehead atoms. The topological polar surface area (TPSA) is 48.3 Å². The van der Waals surface area contributed by atoms with Gasteiger partial charge >= 0.3 is 6.18 Å². The van der Waals surface area contributed by atoms with Crippen LogP contribution in [0.2, 0.25) is 0 Å². The molecule has 75 valence electrons. The van der Waals surface area contributed by atoms with E-state index < -0.39 is 29.0 Å². The minimum atomic E-state index is -4.66. The first-order valence-electron chi connectivity index (χ1n) is 3.50. The Bertz CT molecular complexity index is 370. The van der Waals surface area contributed by atoms with Crippen LogP contribution in [0.15, 0.2) is 18.2 Å². The van der Waals surface area contributed by atoms with Gasteiger partial charge < -0.3 is 5.73 Å². The van der Waals surface area contributed by atoms with Crippen molar-refractivity contribution >= 4 is 5.84 Å². The highest BCUT2D eigenvalue weighted by Gasteiger charge is 2.31. The summed E-state index contributed by atoms with van der Waals surface area (Å²) in [7, 11) is 0. The number of hydrogen-bond donors (Lipinski definition) is 1. The molecule has 0 aliphatic rings. The average Bonchev–Trinajstić information content (AvgIpc) is 2.01. The van der Waals surface area contributed by atoms with Crippen molar-refractivity contribution in [3.63, 3.8) is 0 Å². The Hall–Kier alpha value is -1.59. The van der Waals surface area contributed by atoms with Gasteiger partial charge in [-0.25, -0.2) is 4.39 Å². The number of halogens is 4. The van der Waals surface area contributed by atoms with Gasteiger partial charge in [-0.1, -0.05) is 0 Å². The third-order valence-corrected chi connectivity index (χ3v) is 1.52. The smallest absolute Gasteiger partial charge is 0.382 e. The van der Waals surface area contributed by atoms with Crippen LogP contribution in [-0.2, 0) is 6.18 Å². The van der Waals surface area contributed by atoms with E-state index in [-0.39, 0.29) is 0 Å². The van der Waals surface area contributed by atoms with E-state index in [1.54, 1.807) is 0 Å². The highest BCUT2D eigenvalue weighted by atomic mass is 19.4. The van der Waals surface area contributed by atoms with Crippen LogP contribution >= 0.6 is 0 Å². The molecule has 0 atom stereocenters. The normalized spacial score (nSPS) is 11.4. The zero-order valence-electron chi connectivity index (χ0n) is 6.77. The first-order chi connectivity index (χ1) is 6.30. The average molecular weight is 205 g/mol. The van der Waals surface area contributed by atoms with Crippen molar-refractivity contribution < 1.29 is 17.6 Å². The predicted octanol–water partition coefficient (Wildman–Crippen LogP) is 1.35. The molecule has 6 heteroatoms. The summed E-state index contributed by atoms with van der Waals surface area (Å²) < 4.78 is 49.0. The molecule has 0 saturated carbocycles. The standard InChI is InChI=1S/C8H5F4N2/c9-6-2-4(7(13)14)1-5(3-6)8(10,11)12/h1-3H,13H2. The minimum absolute atomic E-state index is 0.326. The summed E-state index contributed by atoms with van der Waals surface area (Å²) in [6, 6.07) is 1.61. The van der Waals surface area contributed by atoms with Gasteiger partial charge in [-0.2, -0.15) is 13.2 Å². The fraction of sp³-hybridized carbons (Fsp3) is 0.125. The highest BCUT2D eigenvalue weighted by Crippen LogP contribution is 2.30. The van der Waals surface area contributed by atoms with E-state index in [0.717, 1.165) is 0 Å². The Morgan fingerprint density at radius 2 is 1.79 bits per heavy atom. The van der Waals surface area contributed by atoms with Crippen LogP contribution in [0, 0.1) is 5.82 Å². The molecular weight excluding hydrogens is 200 g/mol. The van der Waals surface area contributed by atoms with Gasteiger partial charge in [0.15, 0.2) is 5.84 Å². The molecular formula is C8H5F4N2. The molecule has 0 saturated heterocycles. The maximum absolute atomic E-state index is 12.6. The summed E-state index contributed by atoms with van der Waals surface area (Å²) in [4.78, 5) is 0. The summed E-state index contributed by atoms with van der Waals surface area (Å²) >= 11 is 0. The van der Waals surface area contributed by atoms with Crippen molar-refractivity contribution in [2.24, 2.45) is 5.73 Å². The highest BCUT2D eigenvalue weighted by molar-refractivity contribution is 5.95. The number of amidine groups is 1. The Morgan fingerprint density at radius 1 is 1.21 bits per heavy atom. The van der Waals surface area contributed by atoms with Crippen LogP contribution in [0.4, 0.5) is 17.6 Å². The molecule has 0 aliphatic heterocycles. The molecule has 0 spiro atoms. The van der Waals surface area contributed by atoms with Gasteiger partial charge in [-0.15, -0.1) is 5.41 Å². The number of rotatable bonds is 1. The molecule has 1 radical (unpaired) electrons.